The van der Waals surface area contributed by atoms with E-state index in [1.807, 2.05) is 24.3 Å². The molecule has 0 unspecified atom stereocenters. The summed E-state index contributed by atoms with van der Waals surface area (Å²) in [6, 6.07) is 31.3. The van der Waals surface area contributed by atoms with Gasteiger partial charge >= 0.3 is 23.2 Å². The van der Waals surface area contributed by atoms with Gasteiger partial charge in [0.1, 0.15) is 0 Å². The van der Waals surface area contributed by atoms with Gasteiger partial charge < -0.3 is 15.0 Å². The van der Waals surface area contributed by atoms with Gasteiger partial charge in [0.05, 0.1) is 23.0 Å². The minimum atomic E-state index is 0.604. The van der Waals surface area contributed by atoms with Gasteiger partial charge in [-0.2, -0.15) is 16.3 Å². The second kappa shape index (κ2) is 13.6. The van der Waals surface area contributed by atoms with Crippen LogP contribution in [0.5, 0.6) is 0 Å². The first-order valence-corrected chi connectivity index (χ1v) is 17.5. The van der Waals surface area contributed by atoms with E-state index in [9.17, 15) is 5.26 Å². The molecule has 0 fully saturated rings. The van der Waals surface area contributed by atoms with E-state index in [0.29, 0.717) is 25.3 Å². The van der Waals surface area contributed by atoms with Gasteiger partial charge in [0, 0.05) is 0 Å². The van der Waals surface area contributed by atoms with Crippen molar-refractivity contribution in [2.24, 2.45) is 0 Å². The zero-order chi connectivity index (χ0) is 36.0. The average Bonchev–Trinajstić information content (AvgIpc) is 3.94. The molecule has 8 bridgehead atoms. The number of aryl methyl sites for hydroxylation is 6. The summed E-state index contributed by atoms with van der Waals surface area (Å²) >= 11 is 0.700. The molecule has 0 saturated carbocycles. The predicted octanol–water partition coefficient (Wildman–Crippen LogP) is 10.2. The second-order valence-corrected chi connectivity index (χ2v) is 13.2. The van der Waals surface area contributed by atoms with Crippen molar-refractivity contribution < 1.29 is 23.2 Å². The summed E-state index contributed by atoms with van der Waals surface area (Å²) < 4.78 is 8.26. The number of hydrogen-bond donors (Lipinski definition) is 0. The third-order valence-electron chi connectivity index (χ3n) is 9.52. The van der Waals surface area contributed by atoms with Gasteiger partial charge in [0.15, 0.2) is 0 Å². The van der Waals surface area contributed by atoms with Gasteiger partial charge in [-0.05, 0) is 121 Å². The Labute approximate surface area is 308 Å². The van der Waals surface area contributed by atoms with Crippen LogP contribution in [0.1, 0.15) is 50.3 Å². The van der Waals surface area contributed by atoms with E-state index in [-0.39, 0.29) is 0 Å². The van der Waals surface area contributed by atoms with E-state index in [2.05, 4.69) is 120 Å². The number of nitrogens with zero attached hydrogens (tertiary/aromatic N) is 5. The maximum atomic E-state index is 9.56. The maximum absolute atomic E-state index is 9.56. The van der Waals surface area contributed by atoms with Crippen LogP contribution in [0.25, 0.3) is 78.6 Å². The summed E-state index contributed by atoms with van der Waals surface area (Å²) in [6.07, 6.45) is 4.17. The van der Waals surface area contributed by atoms with Crippen molar-refractivity contribution >= 4 is 45.3 Å². The summed E-state index contributed by atoms with van der Waals surface area (Å²) in [5, 5.41) is 9.56. The van der Waals surface area contributed by atoms with Crippen molar-refractivity contribution in [3.63, 3.8) is 0 Å². The molecule has 3 aromatic carbocycles. The van der Waals surface area contributed by atoms with E-state index < -0.39 is 0 Å². The van der Waals surface area contributed by atoms with E-state index in [1.165, 1.54) is 33.4 Å². The monoisotopic (exact) mass is 746 g/mol. The molecular weight excluding hydrogens is 710 g/mol. The van der Waals surface area contributed by atoms with Crippen molar-refractivity contribution in [1.82, 2.24) is 19.9 Å². The van der Waals surface area contributed by atoms with Crippen LogP contribution in [-0.4, -0.2) is 4.98 Å². The zero-order valence-electron chi connectivity index (χ0n) is 29.3. The van der Waals surface area contributed by atoms with Gasteiger partial charge in [0.25, 0.3) is 0 Å². The number of rotatable bonds is 3. The molecule has 0 aliphatic carbocycles. The summed E-state index contributed by atoms with van der Waals surface area (Å²) in [7, 11) is 0. The molecule has 1 aliphatic rings. The molecule has 4 aromatic heterocycles. The third kappa shape index (κ3) is 6.09. The van der Waals surface area contributed by atoms with Crippen LogP contribution in [-0.2, 0) is 23.2 Å². The fraction of sp³-hybridized carbons (Fsp3) is 0.136. The predicted molar refractivity (Wildman–Crippen MR) is 202 cm³/mol. The first-order valence-electron chi connectivity index (χ1n) is 16.7. The number of nitriles is 1. The number of aromatic nitrogens is 4. The fourth-order valence-corrected chi connectivity index (χ4v) is 7.63. The van der Waals surface area contributed by atoms with Crippen molar-refractivity contribution in [3.8, 4) is 39.4 Å². The quantitative estimate of drug-likeness (QED) is 0.167. The standard InChI is InChI=1S/C44H34N5.Mo.O/c1-24-19-26(3)40(27(4)20-24)43-36-13-11-32(46-36)33-12-14-37(47-33)44(41-28(5)21-25(2)22-29(41)6)39-18-16-35(49-39)42(34-15-17-38(43)48-34)31-9-7-30(23-45)8-10-31;;/h7-22H,1-6H3;;/q-3;;. The molecule has 6 nitrogen and oxygen atoms in total. The average molecular weight is 745 g/mol. The Hall–Kier alpha value is -5.63. The summed E-state index contributed by atoms with van der Waals surface area (Å²) in [6.45, 7) is 12.9. The Kier molecular flexibility index (Phi) is 9.02. The van der Waals surface area contributed by atoms with Crippen LogP contribution in [0.4, 0.5) is 0 Å². The molecule has 0 radical (unpaired) electrons. The molecule has 0 spiro atoms. The van der Waals surface area contributed by atoms with Crippen molar-refractivity contribution in [1.29, 1.82) is 5.26 Å². The molecule has 0 N–H and O–H groups in total. The zero-order valence-corrected chi connectivity index (χ0v) is 31.3. The molecule has 7 aromatic rings. The molecule has 250 valence electrons. The van der Waals surface area contributed by atoms with Gasteiger partial charge in [0.2, 0.25) is 0 Å². The van der Waals surface area contributed by atoms with Crippen molar-refractivity contribution in [3.05, 3.63) is 135 Å². The molecule has 5 heterocycles. The first kappa shape index (κ1) is 33.8. The Bertz CT molecular complexity index is 2650. The summed E-state index contributed by atoms with van der Waals surface area (Å²) in [4.78, 5) is 21.1. The second-order valence-electron chi connectivity index (χ2n) is 13.2. The Morgan fingerprint density at radius 1 is 0.490 bits per heavy atom. The Balaban J connectivity index is 0.00000200. The van der Waals surface area contributed by atoms with Crippen LogP contribution >= 0.6 is 0 Å². The van der Waals surface area contributed by atoms with E-state index >= 15 is 0 Å². The van der Waals surface area contributed by atoms with Gasteiger partial charge in [-0.15, -0.1) is 22.1 Å². The van der Waals surface area contributed by atoms with Gasteiger partial charge in [-0.3, -0.25) is 0 Å². The van der Waals surface area contributed by atoms with Crippen molar-refractivity contribution in [2.45, 2.75) is 41.5 Å². The van der Waals surface area contributed by atoms with Gasteiger partial charge in [-0.1, -0.05) is 83.9 Å². The summed E-state index contributed by atoms with van der Waals surface area (Å²) in [5.41, 5.74) is 20.5. The molecule has 1 aliphatic heterocycles. The number of fused-ring (bicyclic) bond motifs is 9. The van der Waals surface area contributed by atoms with Crippen LogP contribution in [0.15, 0.2) is 84.9 Å². The molecule has 51 heavy (non-hydrogen) atoms. The summed E-state index contributed by atoms with van der Waals surface area (Å²) in [5.74, 6) is 0. The third-order valence-corrected chi connectivity index (χ3v) is 9.52. The number of benzene rings is 3. The Morgan fingerprint density at radius 3 is 1.33 bits per heavy atom. The SMILES string of the molecule is Cc1cc(C)c(-c2c3nc(c(-c4ccc(C#N)cc4)c4ccc([n-]4)c(-c4c(C)cc(C)cc4C)c4ccc([n-]4)c4ccc2[n-]4)C=C3)c(C)c1.[O]=[Mo]. The molecule has 7 heteroatoms. The van der Waals surface area contributed by atoms with E-state index in [0.717, 1.165) is 77.9 Å². The molecule has 0 atom stereocenters. The van der Waals surface area contributed by atoms with Crippen LogP contribution in [0.2, 0.25) is 0 Å². The minimum absolute atomic E-state index is 0.604. The number of hydrogen-bond acceptors (Lipinski definition) is 3. The normalized spacial score (nSPS) is 11.4. The topological polar surface area (TPSA) is 96.0 Å². The van der Waals surface area contributed by atoms with Crippen LogP contribution in [0.3, 0.4) is 0 Å². The Morgan fingerprint density at radius 2 is 0.863 bits per heavy atom. The van der Waals surface area contributed by atoms with E-state index in [4.69, 9.17) is 23.3 Å². The first-order chi connectivity index (χ1) is 24.7. The molecule has 0 amide bonds. The van der Waals surface area contributed by atoms with Crippen LogP contribution < -0.4 is 15.0 Å². The molecule has 0 saturated heterocycles. The fourth-order valence-electron chi connectivity index (χ4n) is 7.63. The van der Waals surface area contributed by atoms with Crippen molar-refractivity contribution in [2.75, 3.05) is 0 Å². The van der Waals surface area contributed by atoms with Crippen LogP contribution in [0, 0.1) is 52.9 Å². The molecular formula is C44H34MoN5O-3. The molecule has 8 rings (SSSR count). The van der Waals surface area contributed by atoms with Gasteiger partial charge in [-0.25, -0.2) is 4.98 Å². The van der Waals surface area contributed by atoms with E-state index in [1.54, 1.807) is 0 Å².